The molecule has 2 nitrogen and oxygen atoms in total. The maximum Gasteiger partial charge on any atom is 0.167 e. The molecule has 0 heterocycles. The summed E-state index contributed by atoms with van der Waals surface area (Å²) in [5.74, 6) is -0.686. The predicted octanol–water partition coefficient (Wildman–Crippen LogP) is 3.49. The van der Waals surface area contributed by atoms with Crippen molar-refractivity contribution in [2.24, 2.45) is 0 Å². The van der Waals surface area contributed by atoms with Gasteiger partial charge >= 0.3 is 0 Å². The lowest BCUT2D eigenvalue weighted by atomic mass is 10.0. The highest BCUT2D eigenvalue weighted by Crippen LogP contribution is 2.21. The summed E-state index contributed by atoms with van der Waals surface area (Å²) in [6.07, 6.45) is -0.0744. The number of carbonyl (C=O) groups is 1. The second-order valence-corrected chi connectivity index (χ2v) is 4.33. The largest absolute Gasteiger partial charge is 0.399 e. The maximum absolute atomic E-state index is 13.5. The van der Waals surface area contributed by atoms with Crippen LogP contribution in [0, 0.1) is 5.82 Å². The van der Waals surface area contributed by atoms with Crippen molar-refractivity contribution in [2.45, 2.75) is 6.42 Å². The van der Waals surface area contributed by atoms with Crippen LogP contribution in [-0.4, -0.2) is 5.78 Å². The molecule has 0 saturated heterocycles. The van der Waals surface area contributed by atoms with Crippen LogP contribution in [0.4, 0.5) is 10.1 Å². The second-order valence-electron chi connectivity index (χ2n) is 3.93. The zero-order valence-corrected chi connectivity index (χ0v) is 10.2. The molecule has 0 unspecified atom stereocenters. The number of ketones is 1. The molecule has 0 bridgehead atoms. The fourth-order valence-electron chi connectivity index (χ4n) is 1.68. The van der Waals surface area contributed by atoms with E-state index in [0.29, 0.717) is 11.3 Å². The van der Waals surface area contributed by atoms with Crippen LogP contribution in [-0.2, 0) is 6.42 Å². The standard InChI is InChI=1S/C14H11ClFNO/c15-12-5-2-6-13(16)11(12)8-14(18)9-3-1-4-10(17)7-9/h1-7H,8,17H2. The van der Waals surface area contributed by atoms with Crippen molar-refractivity contribution >= 4 is 23.1 Å². The zero-order valence-electron chi connectivity index (χ0n) is 9.49. The van der Waals surface area contributed by atoms with Crippen LogP contribution in [0.15, 0.2) is 42.5 Å². The summed E-state index contributed by atoms with van der Waals surface area (Å²) in [4.78, 5) is 12.0. The van der Waals surface area contributed by atoms with Gasteiger partial charge < -0.3 is 5.73 Å². The van der Waals surface area contributed by atoms with Gasteiger partial charge in [0.1, 0.15) is 5.82 Å². The van der Waals surface area contributed by atoms with E-state index in [1.54, 1.807) is 30.3 Å². The average Bonchev–Trinajstić information content (AvgIpc) is 2.34. The number of halogens is 2. The number of carbonyl (C=O) groups excluding carboxylic acids is 1. The van der Waals surface area contributed by atoms with Crippen LogP contribution >= 0.6 is 11.6 Å². The normalized spacial score (nSPS) is 10.3. The molecule has 0 atom stereocenters. The van der Waals surface area contributed by atoms with Gasteiger partial charge in [-0.15, -0.1) is 0 Å². The molecule has 18 heavy (non-hydrogen) atoms. The first kappa shape index (κ1) is 12.6. The second kappa shape index (κ2) is 5.19. The van der Waals surface area contributed by atoms with E-state index in [-0.39, 0.29) is 22.8 Å². The van der Waals surface area contributed by atoms with Crippen molar-refractivity contribution in [3.63, 3.8) is 0 Å². The highest BCUT2D eigenvalue weighted by atomic mass is 35.5. The van der Waals surface area contributed by atoms with Gasteiger partial charge in [-0.2, -0.15) is 0 Å². The summed E-state index contributed by atoms with van der Waals surface area (Å²) < 4.78 is 13.5. The minimum absolute atomic E-state index is 0.0744. The summed E-state index contributed by atoms with van der Waals surface area (Å²) >= 11 is 5.88. The summed E-state index contributed by atoms with van der Waals surface area (Å²) in [6.45, 7) is 0. The topological polar surface area (TPSA) is 43.1 Å². The van der Waals surface area contributed by atoms with Crippen LogP contribution in [0.25, 0.3) is 0 Å². The Bertz CT molecular complexity index is 578. The average molecular weight is 264 g/mol. The molecule has 0 saturated carbocycles. The molecule has 0 aliphatic rings. The number of hydrogen-bond donors (Lipinski definition) is 1. The van der Waals surface area contributed by atoms with Gasteiger partial charge in [0, 0.05) is 28.3 Å². The molecular weight excluding hydrogens is 253 g/mol. The zero-order chi connectivity index (χ0) is 13.1. The third-order valence-corrected chi connectivity index (χ3v) is 2.96. The number of hydrogen-bond acceptors (Lipinski definition) is 2. The van der Waals surface area contributed by atoms with Crippen molar-refractivity contribution < 1.29 is 9.18 Å². The maximum atomic E-state index is 13.5. The van der Waals surface area contributed by atoms with Gasteiger partial charge in [-0.05, 0) is 24.3 Å². The van der Waals surface area contributed by atoms with Crippen LogP contribution < -0.4 is 5.73 Å². The number of nitrogen functional groups attached to an aromatic ring is 1. The van der Waals surface area contributed by atoms with E-state index in [1.807, 2.05) is 0 Å². The van der Waals surface area contributed by atoms with E-state index in [9.17, 15) is 9.18 Å². The monoisotopic (exact) mass is 263 g/mol. The van der Waals surface area contributed by atoms with Gasteiger partial charge in [0.25, 0.3) is 0 Å². The highest BCUT2D eigenvalue weighted by molar-refractivity contribution is 6.31. The van der Waals surface area contributed by atoms with Crippen molar-refractivity contribution in [1.29, 1.82) is 0 Å². The Morgan fingerprint density at radius 1 is 1.22 bits per heavy atom. The molecule has 4 heteroatoms. The fourth-order valence-corrected chi connectivity index (χ4v) is 1.91. The van der Waals surface area contributed by atoms with Crippen LogP contribution in [0.2, 0.25) is 5.02 Å². The summed E-state index contributed by atoms with van der Waals surface area (Å²) in [7, 11) is 0. The van der Waals surface area contributed by atoms with Crippen LogP contribution in [0.5, 0.6) is 0 Å². The van der Waals surface area contributed by atoms with E-state index < -0.39 is 5.82 Å². The fraction of sp³-hybridized carbons (Fsp3) is 0.0714. The molecule has 92 valence electrons. The van der Waals surface area contributed by atoms with E-state index >= 15 is 0 Å². The number of anilines is 1. The molecule has 0 amide bonds. The van der Waals surface area contributed by atoms with Gasteiger partial charge in [-0.3, -0.25) is 4.79 Å². The first-order valence-corrected chi connectivity index (χ1v) is 5.77. The molecule has 0 fully saturated rings. The minimum atomic E-state index is -0.472. The third kappa shape index (κ3) is 2.68. The molecule has 0 spiro atoms. The van der Waals surface area contributed by atoms with E-state index in [1.165, 1.54) is 12.1 Å². The van der Waals surface area contributed by atoms with Crippen LogP contribution in [0.3, 0.4) is 0 Å². The quantitative estimate of drug-likeness (QED) is 0.680. The molecule has 0 radical (unpaired) electrons. The van der Waals surface area contributed by atoms with Gasteiger partial charge in [0.05, 0.1) is 0 Å². The Balaban J connectivity index is 2.27. The molecule has 2 rings (SSSR count). The van der Waals surface area contributed by atoms with Gasteiger partial charge in [0.2, 0.25) is 0 Å². The number of benzene rings is 2. The number of nitrogens with two attached hydrogens (primary N) is 1. The smallest absolute Gasteiger partial charge is 0.167 e. The van der Waals surface area contributed by atoms with Crippen molar-refractivity contribution in [1.82, 2.24) is 0 Å². The number of rotatable bonds is 3. The molecular formula is C14H11ClFNO. The van der Waals surface area contributed by atoms with Crippen molar-refractivity contribution in [2.75, 3.05) is 5.73 Å². The minimum Gasteiger partial charge on any atom is -0.399 e. The van der Waals surface area contributed by atoms with Gasteiger partial charge in [-0.25, -0.2) is 4.39 Å². The molecule has 2 aromatic carbocycles. The Labute approximate surface area is 109 Å². The molecule has 2 N–H and O–H groups in total. The molecule has 0 aliphatic carbocycles. The van der Waals surface area contributed by atoms with Gasteiger partial charge in [-0.1, -0.05) is 29.8 Å². The van der Waals surface area contributed by atoms with Crippen molar-refractivity contribution in [3.05, 3.63) is 64.4 Å². The van der Waals surface area contributed by atoms with Gasteiger partial charge in [0.15, 0.2) is 5.78 Å². The lowest BCUT2D eigenvalue weighted by Gasteiger charge is -2.05. The Hall–Kier alpha value is -1.87. The SMILES string of the molecule is Nc1cccc(C(=O)Cc2c(F)cccc2Cl)c1. The molecule has 2 aromatic rings. The first-order valence-electron chi connectivity index (χ1n) is 5.39. The lowest BCUT2D eigenvalue weighted by Crippen LogP contribution is -2.06. The summed E-state index contributed by atoms with van der Waals surface area (Å²) in [5, 5.41) is 0.257. The summed E-state index contributed by atoms with van der Waals surface area (Å²) in [6, 6.07) is 10.9. The van der Waals surface area contributed by atoms with Crippen molar-refractivity contribution in [3.8, 4) is 0 Å². The van der Waals surface area contributed by atoms with E-state index in [0.717, 1.165) is 0 Å². The Kier molecular flexibility index (Phi) is 3.63. The van der Waals surface area contributed by atoms with Crippen LogP contribution in [0.1, 0.15) is 15.9 Å². The van der Waals surface area contributed by atoms with E-state index in [4.69, 9.17) is 17.3 Å². The molecule has 0 aromatic heterocycles. The summed E-state index contributed by atoms with van der Waals surface area (Å²) in [5.41, 5.74) is 6.77. The van der Waals surface area contributed by atoms with E-state index in [2.05, 4.69) is 0 Å². The number of Topliss-reactive ketones (excluding diaryl/α,β-unsaturated/α-hetero) is 1. The highest BCUT2D eigenvalue weighted by Gasteiger charge is 2.13. The third-order valence-electron chi connectivity index (χ3n) is 2.61. The Morgan fingerprint density at radius 3 is 2.61 bits per heavy atom. The lowest BCUT2D eigenvalue weighted by molar-refractivity contribution is 0.0992. The molecule has 0 aliphatic heterocycles. The Morgan fingerprint density at radius 2 is 1.94 bits per heavy atom. The predicted molar refractivity (Wildman–Crippen MR) is 70.3 cm³/mol. The first-order chi connectivity index (χ1) is 8.58.